The number of hydrogen-bond acceptors (Lipinski definition) is 3. The summed E-state index contributed by atoms with van der Waals surface area (Å²) in [5.74, 6) is 1.23. The maximum Gasteiger partial charge on any atom is 0.417 e. The second-order valence-corrected chi connectivity index (χ2v) is 7.69. The van der Waals surface area contributed by atoms with E-state index in [4.69, 9.17) is 5.26 Å². The van der Waals surface area contributed by atoms with Gasteiger partial charge in [0.25, 0.3) is 0 Å². The van der Waals surface area contributed by atoms with Gasteiger partial charge in [0.2, 0.25) is 0 Å². The van der Waals surface area contributed by atoms with Crippen LogP contribution in [-0.2, 0) is 6.18 Å². The van der Waals surface area contributed by atoms with Gasteiger partial charge in [-0.25, -0.2) is 0 Å². The second-order valence-electron chi connectivity index (χ2n) is 7.69. The lowest BCUT2D eigenvalue weighted by atomic mass is 9.74. The first-order chi connectivity index (χ1) is 14.2. The Balaban J connectivity index is 1.86. The molecule has 1 saturated carbocycles. The van der Waals surface area contributed by atoms with E-state index in [0.717, 1.165) is 36.6 Å². The minimum atomic E-state index is -4.63. The number of aryl methyl sites for hydroxylation is 1. The van der Waals surface area contributed by atoms with Crippen molar-refractivity contribution in [3.63, 3.8) is 0 Å². The number of benzene rings is 2. The van der Waals surface area contributed by atoms with Crippen LogP contribution in [0, 0.1) is 18.3 Å². The maximum absolute atomic E-state index is 13.6. The topological polar surface area (TPSA) is 42.6 Å². The number of rotatable bonds is 2. The SMILES string of the molecule is C=C1N(c2ccc(C#N)c(C(F)(F)F)c2)/C(=N/C)C2(CCC2)N1c1ccc(C)cc1. The first-order valence-electron chi connectivity index (χ1n) is 9.67. The van der Waals surface area contributed by atoms with Gasteiger partial charge in [0.05, 0.1) is 17.2 Å². The van der Waals surface area contributed by atoms with Crippen molar-refractivity contribution in [2.75, 3.05) is 16.8 Å². The lowest BCUT2D eigenvalue weighted by molar-refractivity contribution is -0.137. The molecule has 0 radical (unpaired) electrons. The van der Waals surface area contributed by atoms with E-state index in [1.807, 2.05) is 31.2 Å². The third-order valence-corrected chi connectivity index (χ3v) is 5.94. The Kier molecular flexibility index (Phi) is 4.61. The van der Waals surface area contributed by atoms with Crippen molar-refractivity contribution >= 4 is 17.2 Å². The van der Waals surface area contributed by atoms with Crippen LogP contribution in [0.3, 0.4) is 0 Å². The first kappa shape index (κ1) is 20.0. The maximum atomic E-state index is 13.6. The molecule has 1 spiro atoms. The van der Waals surface area contributed by atoms with Crippen LogP contribution in [0.5, 0.6) is 0 Å². The molecule has 0 N–H and O–H groups in total. The Morgan fingerprint density at radius 2 is 1.73 bits per heavy atom. The predicted molar refractivity (Wildman–Crippen MR) is 111 cm³/mol. The summed E-state index contributed by atoms with van der Waals surface area (Å²) in [4.78, 5) is 8.27. The molecule has 0 unspecified atom stereocenters. The highest BCUT2D eigenvalue weighted by atomic mass is 19.4. The first-order valence-corrected chi connectivity index (χ1v) is 9.67. The van der Waals surface area contributed by atoms with Gasteiger partial charge in [0.15, 0.2) is 0 Å². The summed E-state index contributed by atoms with van der Waals surface area (Å²) in [6, 6.07) is 13.4. The molecule has 1 aliphatic heterocycles. The van der Waals surface area contributed by atoms with Crippen molar-refractivity contribution in [3.8, 4) is 6.07 Å². The minimum Gasteiger partial charge on any atom is -0.315 e. The van der Waals surface area contributed by atoms with Crippen LogP contribution in [0.15, 0.2) is 59.9 Å². The molecule has 7 heteroatoms. The summed E-state index contributed by atoms with van der Waals surface area (Å²) in [5, 5.41) is 9.12. The van der Waals surface area contributed by atoms with Crippen molar-refractivity contribution < 1.29 is 13.2 Å². The number of halogens is 3. The van der Waals surface area contributed by atoms with Crippen molar-refractivity contribution in [3.05, 3.63) is 71.6 Å². The number of alkyl halides is 3. The van der Waals surface area contributed by atoms with Gasteiger partial charge in [0.1, 0.15) is 17.2 Å². The quantitative estimate of drug-likeness (QED) is 0.644. The predicted octanol–water partition coefficient (Wildman–Crippen LogP) is 5.63. The Bertz CT molecular complexity index is 1070. The zero-order chi connectivity index (χ0) is 21.7. The highest BCUT2D eigenvalue weighted by Gasteiger charge is 2.56. The van der Waals surface area contributed by atoms with Crippen LogP contribution in [0.2, 0.25) is 0 Å². The number of aliphatic imine (C=N–C) groups is 1. The van der Waals surface area contributed by atoms with Gasteiger partial charge in [-0.15, -0.1) is 0 Å². The summed E-state index contributed by atoms with van der Waals surface area (Å²) >= 11 is 0. The molecule has 2 aromatic carbocycles. The van der Waals surface area contributed by atoms with Gasteiger partial charge < -0.3 is 4.90 Å². The van der Waals surface area contributed by atoms with Crippen molar-refractivity contribution in [1.82, 2.24) is 0 Å². The van der Waals surface area contributed by atoms with Gasteiger partial charge in [-0.2, -0.15) is 18.4 Å². The molecular formula is C23H21F3N4. The second kappa shape index (κ2) is 6.91. The smallest absolute Gasteiger partial charge is 0.315 e. The van der Waals surface area contributed by atoms with Crippen molar-refractivity contribution in [1.29, 1.82) is 5.26 Å². The van der Waals surface area contributed by atoms with E-state index in [2.05, 4.69) is 16.5 Å². The summed E-state index contributed by atoms with van der Waals surface area (Å²) in [7, 11) is 1.66. The van der Waals surface area contributed by atoms with Gasteiger partial charge >= 0.3 is 6.18 Å². The lowest BCUT2D eigenvalue weighted by Crippen LogP contribution is -2.54. The van der Waals surface area contributed by atoms with E-state index in [1.54, 1.807) is 18.0 Å². The fourth-order valence-electron chi connectivity index (χ4n) is 4.41. The zero-order valence-electron chi connectivity index (χ0n) is 16.8. The van der Waals surface area contributed by atoms with E-state index < -0.39 is 22.8 Å². The number of nitrogens with zero attached hydrogens (tertiary/aromatic N) is 4. The minimum absolute atomic E-state index is 0.299. The molecule has 4 nitrogen and oxygen atoms in total. The van der Waals surface area contributed by atoms with E-state index in [1.165, 1.54) is 12.1 Å². The zero-order valence-corrected chi connectivity index (χ0v) is 16.8. The Morgan fingerprint density at radius 3 is 2.23 bits per heavy atom. The van der Waals surface area contributed by atoms with E-state index in [9.17, 15) is 13.2 Å². The molecule has 30 heavy (non-hydrogen) atoms. The molecule has 0 aromatic heterocycles. The van der Waals surface area contributed by atoms with Gasteiger partial charge in [-0.3, -0.25) is 9.89 Å². The van der Waals surface area contributed by atoms with E-state index >= 15 is 0 Å². The molecule has 0 bridgehead atoms. The Morgan fingerprint density at radius 1 is 1.10 bits per heavy atom. The third-order valence-electron chi connectivity index (χ3n) is 5.94. The standard InChI is InChI=1S/C23H21F3N4/c1-15-5-8-18(9-6-15)30-16(2)29(21(28-3)22(30)11-4-12-22)19-10-7-17(14-27)20(13-19)23(24,25)26/h5-10,13H,2,4,11-12H2,1,3H3/b28-21+. The summed E-state index contributed by atoms with van der Waals surface area (Å²) in [6.07, 6.45) is -1.95. The molecule has 4 rings (SSSR count). The number of anilines is 2. The van der Waals surface area contributed by atoms with Crippen LogP contribution in [0.25, 0.3) is 0 Å². The molecule has 2 fully saturated rings. The molecule has 2 aromatic rings. The Labute approximate surface area is 173 Å². The van der Waals surface area contributed by atoms with Crippen LogP contribution in [0.4, 0.5) is 24.5 Å². The third kappa shape index (κ3) is 2.86. The molecule has 154 valence electrons. The molecule has 2 aliphatic rings. The van der Waals surface area contributed by atoms with Gasteiger partial charge in [-0.1, -0.05) is 24.3 Å². The van der Waals surface area contributed by atoms with Crippen molar-refractivity contribution in [2.24, 2.45) is 4.99 Å². The van der Waals surface area contributed by atoms with Crippen LogP contribution < -0.4 is 9.80 Å². The summed E-state index contributed by atoms with van der Waals surface area (Å²) < 4.78 is 40.7. The monoisotopic (exact) mass is 410 g/mol. The molecule has 0 amide bonds. The fourth-order valence-corrected chi connectivity index (χ4v) is 4.41. The lowest BCUT2D eigenvalue weighted by Gasteiger charge is -2.45. The molecule has 1 saturated heterocycles. The molecular weight excluding hydrogens is 389 g/mol. The summed E-state index contributed by atoms with van der Waals surface area (Å²) in [5.41, 5.74) is 0.565. The van der Waals surface area contributed by atoms with Gasteiger partial charge in [0, 0.05) is 18.4 Å². The average molecular weight is 410 g/mol. The molecule has 1 heterocycles. The largest absolute Gasteiger partial charge is 0.417 e. The highest BCUT2D eigenvalue weighted by molar-refractivity contribution is 6.14. The van der Waals surface area contributed by atoms with Crippen LogP contribution >= 0.6 is 0 Å². The number of hydrogen-bond donors (Lipinski definition) is 0. The number of amidine groups is 1. The number of nitriles is 1. The van der Waals surface area contributed by atoms with Crippen LogP contribution in [0.1, 0.15) is 36.0 Å². The van der Waals surface area contributed by atoms with E-state index in [-0.39, 0.29) is 0 Å². The summed E-state index contributed by atoms with van der Waals surface area (Å²) in [6.45, 7) is 6.23. The average Bonchev–Trinajstić information content (AvgIpc) is 2.96. The van der Waals surface area contributed by atoms with E-state index in [0.29, 0.717) is 17.3 Å². The fraction of sp³-hybridized carbons (Fsp3) is 0.304. The molecule has 1 aliphatic carbocycles. The normalized spacial score (nSPS) is 19.3. The van der Waals surface area contributed by atoms with Crippen LogP contribution in [-0.4, -0.2) is 18.4 Å². The highest BCUT2D eigenvalue weighted by Crippen LogP contribution is 2.51. The molecule has 0 atom stereocenters. The Hall–Kier alpha value is -3.27. The van der Waals surface area contributed by atoms with Gasteiger partial charge in [-0.05, 0) is 56.5 Å². The van der Waals surface area contributed by atoms with Crippen molar-refractivity contribution in [2.45, 2.75) is 37.9 Å².